The van der Waals surface area contributed by atoms with Crippen molar-refractivity contribution in [3.05, 3.63) is 63.6 Å². The summed E-state index contributed by atoms with van der Waals surface area (Å²) in [5, 5.41) is 12.6. The zero-order valence-electron chi connectivity index (χ0n) is 14.0. The van der Waals surface area contributed by atoms with Crippen molar-refractivity contribution in [2.75, 3.05) is 0 Å². The van der Waals surface area contributed by atoms with Crippen LogP contribution in [0.1, 0.15) is 36.6 Å². The zero-order chi connectivity index (χ0) is 17.3. The summed E-state index contributed by atoms with van der Waals surface area (Å²) in [7, 11) is 0. The molecule has 0 aliphatic heterocycles. The van der Waals surface area contributed by atoms with E-state index in [1.165, 1.54) is 16.2 Å². The van der Waals surface area contributed by atoms with Gasteiger partial charge in [-0.3, -0.25) is 9.59 Å². The van der Waals surface area contributed by atoms with E-state index in [1.54, 1.807) is 6.92 Å². The average molecular weight is 326 g/mol. The number of fused-ring (bicyclic) bond motifs is 1. The van der Waals surface area contributed by atoms with Crippen LogP contribution in [-0.2, 0) is 23.3 Å². The Morgan fingerprint density at radius 1 is 1.33 bits per heavy atom. The van der Waals surface area contributed by atoms with E-state index in [2.05, 4.69) is 17.4 Å². The predicted octanol–water partition coefficient (Wildman–Crippen LogP) is 2.23. The minimum absolute atomic E-state index is 0.0529. The first kappa shape index (κ1) is 16.3. The van der Waals surface area contributed by atoms with E-state index in [1.807, 2.05) is 19.1 Å². The molecular formula is C19H22N2O3. The molecule has 5 heteroatoms. The van der Waals surface area contributed by atoms with Crippen molar-refractivity contribution in [3.8, 4) is 5.75 Å². The molecule has 0 fully saturated rings. The van der Waals surface area contributed by atoms with E-state index in [0.717, 1.165) is 30.9 Å². The smallest absolute Gasteiger partial charge is 0.254 e. The number of nitrogens with one attached hydrogen (secondary N) is 1. The van der Waals surface area contributed by atoms with E-state index in [9.17, 15) is 14.7 Å². The molecule has 0 saturated heterocycles. The highest BCUT2D eigenvalue weighted by Gasteiger charge is 2.33. The minimum Gasteiger partial charge on any atom is -0.508 e. The Kier molecular flexibility index (Phi) is 4.18. The van der Waals surface area contributed by atoms with Gasteiger partial charge in [0.25, 0.3) is 5.56 Å². The van der Waals surface area contributed by atoms with Gasteiger partial charge in [-0.2, -0.15) is 0 Å². The Hall–Kier alpha value is -2.56. The molecule has 1 aliphatic carbocycles. The second-order valence-corrected chi connectivity index (χ2v) is 6.67. The van der Waals surface area contributed by atoms with Crippen molar-refractivity contribution in [2.24, 2.45) is 0 Å². The molecule has 1 atom stereocenters. The Bertz CT molecular complexity index is 841. The predicted molar refractivity (Wildman–Crippen MR) is 92.0 cm³/mol. The molecule has 1 heterocycles. The van der Waals surface area contributed by atoms with Crippen molar-refractivity contribution in [3.63, 3.8) is 0 Å². The molecule has 126 valence electrons. The quantitative estimate of drug-likeness (QED) is 0.908. The second-order valence-electron chi connectivity index (χ2n) is 6.67. The molecule has 0 radical (unpaired) electrons. The molecule has 1 amide bonds. The first-order chi connectivity index (χ1) is 11.4. The summed E-state index contributed by atoms with van der Waals surface area (Å²) in [6.07, 6.45) is 2.92. The standard InChI is InChI=1S/C19H22N2O3/c1-13-10-15(22)11-18(24)21(13)12-17(23)20-19(2)9-5-7-14-6-3-4-8-16(14)19/h3-4,6,8,10-11,22H,5,7,9,12H2,1-2H3,(H,20,23). The monoisotopic (exact) mass is 326 g/mol. The molecule has 1 unspecified atom stereocenters. The van der Waals surface area contributed by atoms with Crippen molar-refractivity contribution in [2.45, 2.75) is 45.2 Å². The Labute approximate surface area is 140 Å². The van der Waals surface area contributed by atoms with Crippen LogP contribution in [0.15, 0.2) is 41.2 Å². The number of benzene rings is 1. The summed E-state index contributed by atoms with van der Waals surface area (Å²) >= 11 is 0. The molecular weight excluding hydrogens is 304 g/mol. The fourth-order valence-corrected chi connectivity index (χ4v) is 3.58. The molecule has 0 saturated carbocycles. The van der Waals surface area contributed by atoms with Crippen molar-refractivity contribution in [1.29, 1.82) is 0 Å². The van der Waals surface area contributed by atoms with Gasteiger partial charge in [0.05, 0.1) is 5.54 Å². The zero-order valence-corrected chi connectivity index (χ0v) is 14.0. The minimum atomic E-state index is -0.416. The molecule has 2 aromatic rings. The fraction of sp³-hybridized carbons (Fsp3) is 0.368. The number of aryl methyl sites for hydroxylation is 2. The van der Waals surface area contributed by atoms with Gasteiger partial charge in [-0.1, -0.05) is 24.3 Å². The van der Waals surface area contributed by atoms with Gasteiger partial charge in [-0.25, -0.2) is 0 Å². The van der Waals surface area contributed by atoms with Crippen LogP contribution in [0, 0.1) is 6.92 Å². The van der Waals surface area contributed by atoms with Gasteiger partial charge in [0, 0.05) is 11.8 Å². The molecule has 0 spiro atoms. The lowest BCUT2D eigenvalue weighted by atomic mass is 9.78. The van der Waals surface area contributed by atoms with Crippen LogP contribution in [0.5, 0.6) is 5.75 Å². The largest absolute Gasteiger partial charge is 0.508 e. The molecule has 3 rings (SSSR count). The Morgan fingerprint density at radius 3 is 2.83 bits per heavy atom. The van der Waals surface area contributed by atoms with Crippen LogP contribution >= 0.6 is 0 Å². The normalized spacial score (nSPS) is 19.6. The maximum Gasteiger partial charge on any atom is 0.254 e. The van der Waals surface area contributed by atoms with Crippen LogP contribution in [0.2, 0.25) is 0 Å². The molecule has 24 heavy (non-hydrogen) atoms. The summed E-state index contributed by atoms with van der Waals surface area (Å²) in [5.74, 6) is -0.285. The number of hydrogen-bond acceptors (Lipinski definition) is 3. The maximum absolute atomic E-state index is 12.6. The summed E-state index contributed by atoms with van der Waals surface area (Å²) in [4.78, 5) is 24.5. The molecule has 1 aliphatic rings. The third-order valence-corrected chi connectivity index (χ3v) is 4.77. The van der Waals surface area contributed by atoms with Crippen LogP contribution in [0.4, 0.5) is 0 Å². The van der Waals surface area contributed by atoms with Gasteiger partial charge in [0.15, 0.2) is 0 Å². The van der Waals surface area contributed by atoms with Crippen LogP contribution in [-0.4, -0.2) is 15.6 Å². The molecule has 0 bridgehead atoms. The lowest BCUT2D eigenvalue weighted by Crippen LogP contribution is -2.47. The van der Waals surface area contributed by atoms with E-state index in [4.69, 9.17) is 0 Å². The fourth-order valence-electron chi connectivity index (χ4n) is 3.58. The van der Waals surface area contributed by atoms with E-state index in [0.29, 0.717) is 5.69 Å². The van der Waals surface area contributed by atoms with Gasteiger partial charge < -0.3 is 15.0 Å². The SMILES string of the molecule is Cc1cc(O)cc(=O)n1CC(=O)NC1(C)CCCc2ccccc21. The molecule has 2 N–H and O–H groups in total. The number of carbonyl (C=O) groups is 1. The van der Waals surface area contributed by atoms with Crippen LogP contribution < -0.4 is 10.9 Å². The highest BCUT2D eigenvalue weighted by molar-refractivity contribution is 5.77. The van der Waals surface area contributed by atoms with E-state index in [-0.39, 0.29) is 23.8 Å². The van der Waals surface area contributed by atoms with E-state index < -0.39 is 5.54 Å². The van der Waals surface area contributed by atoms with Gasteiger partial charge in [0.1, 0.15) is 12.3 Å². The van der Waals surface area contributed by atoms with Crippen molar-refractivity contribution < 1.29 is 9.90 Å². The number of carbonyl (C=O) groups excluding carboxylic acids is 1. The number of rotatable bonds is 3. The number of aromatic hydroxyl groups is 1. The summed E-state index contributed by atoms with van der Waals surface area (Å²) < 4.78 is 1.37. The molecule has 1 aromatic carbocycles. The maximum atomic E-state index is 12.6. The first-order valence-electron chi connectivity index (χ1n) is 8.19. The Balaban J connectivity index is 1.82. The van der Waals surface area contributed by atoms with Crippen molar-refractivity contribution >= 4 is 5.91 Å². The first-order valence-corrected chi connectivity index (χ1v) is 8.19. The summed E-state index contributed by atoms with van der Waals surface area (Å²) in [6, 6.07) is 10.8. The number of amides is 1. The summed E-state index contributed by atoms with van der Waals surface area (Å²) in [5.41, 5.74) is 2.19. The molecule has 5 nitrogen and oxygen atoms in total. The van der Waals surface area contributed by atoms with Crippen LogP contribution in [0.3, 0.4) is 0 Å². The van der Waals surface area contributed by atoms with Gasteiger partial charge in [-0.15, -0.1) is 0 Å². The number of pyridine rings is 1. The highest BCUT2D eigenvalue weighted by Crippen LogP contribution is 2.34. The van der Waals surface area contributed by atoms with Crippen LogP contribution in [0.25, 0.3) is 0 Å². The van der Waals surface area contributed by atoms with Gasteiger partial charge in [0.2, 0.25) is 5.91 Å². The number of hydrogen-bond donors (Lipinski definition) is 2. The van der Waals surface area contributed by atoms with Gasteiger partial charge in [-0.05, 0) is 50.3 Å². The third-order valence-electron chi connectivity index (χ3n) is 4.77. The second kappa shape index (κ2) is 6.15. The topological polar surface area (TPSA) is 71.3 Å². The Morgan fingerprint density at radius 2 is 2.08 bits per heavy atom. The van der Waals surface area contributed by atoms with Crippen molar-refractivity contribution in [1.82, 2.24) is 9.88 Å². The average Bonchev–Trinajstić information content (AvgIpc) is 2.51. The lowest BCUT2D eigenvalue weighted by Gasteiger charge is -2.37. The lowest BCUT2D eigenvalue weighted by molar-refractivity contribution is -0.123. The van der Waals surface area contributed by atoms with Gasteiger partial charge >= 0.3 is 0 Å². The number of aromatic nitrogens is 1. The third kappa shape index (κ3) is 3.07. The van der Waals surface area contributed by atoms with E-state index >= 15 is 0 Å². The number of nitrogens with zero attached hydrogens (tertiary/aromatic N) is 1. The molecule has 1 aromatic heterocycles. The highest BCUT2D eigenvalue weighted by atomic mass is 16.3. The summed E-state index contributed by atoms with van der Waals surface area (Å²) in [6.45, 7) is 3.68.